The average molecular weight is 309 g/mol. The number of aryl methyl sites for hydroxylation is 1. The second-order valence-electron chi connectivity index (χ2n) is 4.51. The van der Waals surface area contributed by atoms with E-state index in [1.165, 1.54) is 12.1 Å². The molecule has 2 rings (SSSR count). The monoisotopic (exact) mass is 309 g/mol. The van der Waals surface area contributed by atoms with Gasteiger partial charge in [-0.3, -0.25) is 4.79 Å². The van der Waals surface area contributed by atoms with Crippen LogP contribution >= 0.6 is 11.3 Å². The van der Waals surface area contributed by atoms with Gasteiger partial charge in [0.05, 0.1) is 11.4 Å². The van der Waals surface area contributed by atoms with Crippen molar-refractivity contribution in [1.82, 2.24) is 5.32 Å². The predicted molar refractivity (Wildman–Crippen MR) is 79.8 cm³/mol. The maximum atomic E-state index is 12.1. The predicted octanol–water partition coefficient (Wildman–Crippen LogP) is 2.39. The molecule has 0 atom stereocenters. The molecule has 0 spiro atoms. The van der Waals surface area contributed by atoms with Crippen LogP contribution in [0.3, 0.4) is 0 Å². The third-order valence-electron chi connectivity index (χ3n) is 2.89. The summed E-state index contributed by atoms with van der Waals surface area (Å²) in [5, 5.41) is 4.74. The van der Waals surface area contributed by atoms with Crippen molar-refractivity contribution in [1.29, 1.82) is 0 Å². The number of rotatable bonds is 4. The molecule has 1 aromatic heterocycles. The van der Waals surface area contributed by atoms with E-state index in [0.717, 1.165) is 16.7 Å². The second-order valence-corrected chi connectivity index (χ2v) is 7.56. The van der Waals surface area contributed by atoms with Gasteiger partial charge in [-0.15, -0.1) is 11.3 Å². The molecule has 106 valence electrons. The van der Waals surface area contributed by atoms with Crippen LogP contribution < -0.4 is 5.32 Å². The molecule has 0 radical (unpaired) electrons. The minimum atomic E-state index is -3.31. The Morgan fingerprint density at radius 3 is 2.65 bits per heavy atom. The summed E-state index contributed by atoms with van der Waals surface area (Å²) in [5.41, 5.74) is 1.14. The van der Waals surface area contributed by atoms with Crippen molar-refractivity contribution in [2.45, 2.75) is 18.4 Å². The molecule has 1 aromatic carbocycles. The molecule has 0 saturated carbocycles. The van der Waals surface area contributed by atoms with Gasteiger partial charge in [-0.25, -0.2) is 8.42 Å². The van der Waals surface area contributed by atoms with E-state index < -0.39 is 9.84 Å². The summed E-state index contributed by atoms with van der Waals surface area (Å²) in [7, 11) is -3.31. The third kappa shape index (κ3) is 3.46. The lowest BCUT2D eigenvalue weighted by Gasteiger charge is -2.08. The highest BCUT2D eigenvalue weighted by Gasteiger charge is 2.14. The minimum Gasteiger partial charge on any atom is -0.347 e. The molecule has 1 heterocycles. The van der Waals surface area contributed by atoms with Gasteiger partial charge in [-0.05, 0) is 36.1 Å². The standard InChI is InChI=1S/C14H15NO3S2/c1-10-5-6-12(20(2,17)18)8-13(10)14(16)15-9-11-4-3-7-19-11/h3-8H,9H2,1-2H3,(H,15,16). The van der Waals surface area contributed by atoms with Gasteiger partial charge in [0.25, 0.3) is 5.91 Å². The summed E-state index contributed by atoms with van der Waals surface area (Å²) in [5.74, 6) is -0.263. The molecule has 2 aromatic rings. The first-order valence-corrected chi connectivity index (χ1v) is 8.76. The number of thiophene rings is 1. The second kappa shape index (κ2) is 5.76. The molecular weight excluding hydrogens is 294 g/mol. The first-order chi connectivity index (χ1) is 9.38. The maximum absolute atomic E-state index is 12.1. The molecule has 0 aliphatic rings. The van der Waals surface area contributed by atoms with E-state index in [9.17, 15) is 13.2 Å². The van der Waals surface area contributed by atoms with Crippen molar-refractivity contribution < 1.29 is 13.2 Å². The van der Waals surface area contributed by atoms with E-state index in [1.807, 2.05) is 17.5 Å². The van der Waals surface area contributed by atoms with Crippen LogP contribution in [0, 0.1) is 6.92 Å². The van der Waals surface area contributed by atoms with E-state index in [2.05, 4.69) is 5.32 Å². The molecule has 0 fully saturated rings. The highest BCUT2D eigenvalue weighted by atomic mass is 32.2. The Morgan fingerprint density at radius 1 is 1.30 bits per heavy atom. The Bertz CT molecular complexity index is 719. The number of amides is 1. The fraction of sp³-hybridized carbons (Fsp3) is 0.214. The average Bonchev–Trinajstić information content (AvgIpc) is 2.88. The van der Waals surface area contributed by atoms with Crippen molar-refractivity contribution in [3.8, 4) is 0 Å². The largest absolute Gasteiger partial charge is 0.347 e. The lowest BCUT2D eigenvalue weighted by Crippen LogP contribution is -2.23. The summed E-state index contributed by atoms with van der Waals surface area (Å²) in [4.78, 5) is 13.3. The molecule has 20 heavy (non-hydrogen) atoms. The van der Waals surface area contributed by atoms with Crippen LogP contribution in [-0.4, -0.2) is 20.6 Å². The van der Waals surface area contributed by atoms with E-state index in [4.69, 9.17) is 0 Å². The highest BCUT2D eigenvalue weighted by molar-refractivity contribution is 7.90. The molecule has 4 nitrogen and oxygen atoms in total. The summed E-state index contributed by atoms with van der Waals surface area (Å²) in [6.07, 6.45) is 1.13. The van der Waals surface area contributed by atoms with Crippen LogP contribution in [0.4, 0.5) is 0 Å². The highest BCUT2D eigenvalue weighted by Crippen LogP contribution is 2.16. The molecule has 1 N–H and O–H groups in total. The van der Waals surface area contributed by atoms with Crippen LogP contribution in [0.25, 0.3) is 0 Å². The molecule has 6 heteroatoms. The fourth-order valence-electron chi connectivity index (χ4n) is 1.75. The van der Waals surface area contributed by atoms with Gasteiger partial charge in [-0.1, -0.05) is 12.1 Å². The Labute approximate surface area is 122 Å². The van der Waals surface area contributed by atoms with Crippen molar-refractivity contribution in [2.75, 3.05) is 6.26 Å². The molecule has 0 unspecified atom stereocenters. The summed E-state index contributed by atoms with van der Waals surface area (Å²) >= 11 is 1.56. The Morgan fingerprint density at radius 2 is 2.05 bits per heavy atom. The Kier molecular flexibility index (Phi) is 4.25. The van der Waals surface area contributed by atoms with E-state index in [0.29, 0.717) is 12.1 Å². The van der Waals surface area contributed by atoms with Gasteiger partial charge in [-0.2, -0.15) is 0 Å². The number of nitrogens with one attached hydrogen (secondary N) is 1. The maximum Gasteiger partial charge on any atom is 0.251 e. The van der Waals surface area contributed by atoms with Gasteiger partial charge < -0.3 is 5.32 Å². The normalized spacial score (nSPS) is 11.3. The van der Waals surface area contributed by atoms with Gasteiger partial charge in [0, 0.05) is 16.7 Å². The summed E-state index contributed by atoms with van der Waals surface area (Å²) in [6, 6.07) is 8.44. The molecule has 0 bridgehead atoms. The van der Waals surface area contributed by atoms with E-state index in [-0.39, 0.29) is 10.8 Å². The van der Waals surface area contributed by atoms with Gasteiger partial charge in [0.15, 0.2) is 9.84 Å². The van der Waals surface area contributed by atoms with Crippen molar-refractivity contribution >= 4 is 27.1 Å². The first kappa shape index (κ1) is 14.7. The van der Waals surface area contributed by atoms with Crippen LogP contribution in [0.2, 0.25) is 0 Å². The van der Waals surface area contributed by atoms with E-state index in [1.54, 1.807) is 24.3 Å². The Balaban J connectivity index is 2.21. The summed E-state index contributed by atoms with van der Waals surface area (Å²) < 4.78 is 23.1. The molecule has 1 amide bonds. The van der Waals surface area contributed by atoms with Crippen LogP contribution in [0.1, 0.15) is 20.8 Å². The number of benzene rings is 1. The number of carbonyl (C=O) groups excluding carboxylic acids is 1. The molecular formula is C14H15NO3S2. The topological polar surface area (TPSA) is 63.2 Å². The minimum absolute atomic E-state index is 0.157. The van der Waals surface area contributed by atoms with Gasteiger partial charge in [0.2, 0.25) is 0 Å². The number of carbonyl (C=O) groups is 1. The number of hydrogen-bond acceptors (Lipinski definition) is 4. The molecule has 0 aliphatic carbocycles. The van der Waals surface area contributed by atoms with Crippen molar-refractivity contribution in [2.24, 2.45) is 0 Å². The van der Waals surface area contributed by atoms with Crippen LogP contribution in [0.5, 0.6) is 0 Å². The zero-order chi connectivity index (χ0) is 14.8. The lowest BCUT2D eigenvalue weighted by molar-refractivity contribution is 0.0950. The van der Waals surface area contributed by atoms with Crippen molar-refractivity contribution in [3.63, 3.8) is 0 Å². The van der Waals surface area contributed by atoms with Gasteiger partial charge >= 0.3 is 0 Å². The van der Waals surface area contributed by atoms with E-state index >= 15 is 0 Å². The zero-order valence-electron chi connectivity index (χ0n) is 11.2. The zero-order valence-corrected chi connectivity index (χ0v) is 12.8. The lowest BCUT2D eigenvalue weighted by atomic mass is 10.1. The third-order valence-corrected chi connectivity index (χ3v) is 4.87. The van der Waals surface area contributed by atoms with Crippen LogP contribution in [-0.2, 0) is 16.4 Å². The van der Waals surface area contributed by atoms with Crippen LogP contribution in [0.15, 0.2) is 40.6 Å². The number of sulfone groups is 1. The molecule has 0 saturated heterocycles. The summed E-state index contributed by atoms with van der Waals surface area (Å²) in [6.45, 7) is 2.23. The van der Waals surface area contributed by atoms with Crippen molar-refractivity contribution in [3.05, 3.63) is 51.7 Å². The number of hydrogen-bond donors (Lipinski definition) is 1. The SMILES string of the molecule is Cc1ccc(S(C)(=O)=O)cc1C(=O)NCc1cccs1. The fourth-order valence-corrected chi connectivity index (χ4v) is 3.04. The first-order valence-electron chi connectivity index (χ1n) is 5.99. The quantitative estimate of drug-likeness (QED) is 0.943. The smallest absolute Gasteiger partial charge is 0.251 e. The molecule has 0 aliphatic heterocycles. The Hall–Kier alpha value is -1.66. The van der Waals surface area contributed by atoms with Gasteiger partial charge in [0.1, 0.15) is 0 Å².